The molecule has 0 aliphatic rings. The Hall–Kier alpha value is -2.25. The molecule has 0 saturated heterocycles. The predicted molar refractivity (Wildman–Crippen MR) is 87.6 cm³/mol. The third-order valence-electron chi connectivity index (χ3n) is 3.01. The first kappa shape index (κ1) is 14.7. The van der Waals surface area contributed by atoms with Gasteiger partial charge in [-0.1, -0.05) is 6.07 Å². The fraction of sp³-hybridized carbons (Fsp3) is 0.133. The lowest BCUT2D eigenvalue weighted by atomic mass is 10.2. The summed E-state index contributed by atoms with van der Waals surface area (Å²) in [5.41, 5.74) is 2.74. The van der Waals surface area contributed by atoms with Crippen LogP contribution in [0, 0.1) is 17.0 Å². The van der Waals surface area contributed by atoms with E-state index >= 15 is 0 Å². The molecule has 0 saturated carbocycles. The number of thiophene rings is 1. The minimum absolute atomic E-state index is 0.0288. The Morgan fingerprint density at radius 1 is 1.32 bits per heavy atom. The molecule has 0 bridgehead atoms. The first-order valence-corrected chi connectivity index (χ1v) is 8.30. The van der Waals surface area contributed by atoms with E-state index in [-0.39, 0.29) is 18.0 Å². The van der Waals surface area contributed by atoms with Crippen molar-refractivity contribution in [1.29, 1.82) is 0 Å². The molecule has 0 N–H and O–H groups in total. The van der Waals surface area contributed by atoms with Gasteiger partial charge in [-0.25, -0.2) is 4.98 Å². The predicted octanol–water partition coefficient (Wildman–Crippen LogP) is 4.67. The Bertz CT molecular complexity index is 797. The van der Waals surface area contributed by atoms with Gasteiger partial charge >= 0.3 is 5.69 Å². The number of hydrogen-bond donors (Lipinski definition) is 0. The van der Waals surface area contributed by atoms with E-state index in [1.807, 2.05) is 29.1 Å². The molecule has 22 heavy (non-hydrogen) atoms. The van der Waals surface area contributed by atoms with Crippen molar-refractivity contribution in [1.82, 2.24) is 4.98 Å². The van der Waals surface area contributed by atoms with E-state index in [9.17, 15) is 10.1 Å². The zero-order valence-corrected chi connectivity index (χ0v) is 13.3. The molecule has 0 amide bonds. The third-order valence-corrected chi connectivity index (χ3v) is 4.63. The highest BCUT2D eigenvalue weighted by molar-refractivity contribution is 7.14. The first-order chi connectivity index (χ1) is 10.6. The maximum atomic E-state index is 11.0. The van der Waals surface area contributed by atoms with Crippen molar-refractivity contribution >= 4 is 28.4 Å². The molecule has 1 aromatic carbocycles. The smallest absolute Gasteiger partial charge is 0.310 e. The summed E-state index contributed by atoms with van der Waals surface area (Å²) in [4.78, 5) is 15.1. The highest BCUT2D eigenvalue weighted by Gasteiger charge is 2.15. The van der Waals surface area contributed by atoms with Crippen LogP contribution in [0.25, 0.3) is 10.6 Å². The molecule has 3 aromatic rings. The summed E-state index contributed by atoms with van der Waals surface area (Å²) in [7, 11) is 0. The van der Waals surface area contributed by atoms with Crippen LogP contribution in [0.2, 0.25) is 0 Å². The van der Waals surface area contributed by atoms with Gasteiger partial charge in [0.05, 0.1) is 10.6 Å². The van der Waals surface area contributed by atoms with Crippen LogP contribution in [0.15, 0.2) is 40.4 Å². The first-order valence-electron chi connectivity index (χ1n) is 6.48. The number of hydrogen-bond acceptors (Lipinski definition) is 6. The van der Waals surface area contributed by atoms with Crippen molar-refractivity contribution in [3.05, 3.63) is 61.8 Å². The molecule has 5 nitrogen and oxygen atoms in total. The van der Waals surface area contributed by atoms with E-state index in [0.29, 0.717) is 0 Å². The van der Waals surface area contributed by atoms with Crippen LogP contribution in [0.1, 0.15) is 11.3 Å². The molecule has 0 spiro atoms. The number of thiazole rings is 1. The molecular formula is C15H12N2O3S2. The fourth-order valence-corrected chi connectivity index (χ4v) is 3.45. The summed E-state index contributed by atoms with van der Waals surface area (Å²) >= 11 is 3.16. The van der Waals surface area contributed by atoms with Gasteiger partial charge in [0.1, 0.15) is 11.6 Å². The Kier molecular flexibility index (Phi) is 4.17. The Morgan fingerprint density at radius 3 is 2.91 bits per heavy atom. The van der Waals surface area contributed by atoms with Crippen LogP contribution in [-0.2, 0) is 6.61 Å². The average Bonchev–Trinajstić information content (AvgIpc) is 3.16. The number of ether oxygens (including phenoxy) is 1. The zero-order chi connectivity index (χ0) is 15.5. The van der Waals surface area contributed by atoms with Crippen LogP contribution >= 0.6 is 22.7 Å². The third kappa shape index (κ3) is 3.15. The summed E-state index contributed by atoms with van der Waals surface area (Å²) in [6.45, 7) is 2.08. The van der Waals surface area contributed by atoms with Crippen LogP contribution in [-0.4, -0.2) is 9.91 Å². The van der Waals surface area contributed by atoms with Gasteiger partial charge in [-0.3, -0.25) is 10.1 Å². The molecule has 7 heteroatoms. The molecule has 3 rings (SSSR count). The van der Waals surface area contributed by atoms with Crippen molar-refractivity contribution < 1.29 is 9.66 Å². The Morgan fingerprint density at radius 2 is 2.18 bits per heavy atom. The minimum atomic E-state index is -0.438. The number of rotatable bonds is 5. The van der Waals surface area contributed by atoms with Crippen molar-refractivity contribution in [2.45, 2.75) is 13.5 Å². The summed E-state index contributed by atoms with van der Waals surface area (Å²) < 4.78 is 5.60. The van der Waals surface area contributed by atoms with Crippen molar-refractivity contribution in [3.8, 4) is 16.3 Å². The van der Waals surface area contributed by atoms with Gasteiger partial charge in [-0.05, 0) is 30.0 Å². The summed E-state index contributed by atoms with van der Waals surface area (Å²) in [5, 5.41) is 17.9. The average molecular weight is 332 g/mol. The van der Waals surface area contributed by atoms with Gasteiger partial charge in [0.15, 0.2) is 5.75 Å². The van der Waals surface area contributed by atoms with Crippen molar-refractivity contribution in [2.75, 3.05) is 0 Å². The molecule has 0 atom stereocenters. The molecule has 2 aromatic heterocycles. The molecular weight excluding hydrogens is 320 g/mol. The SMILES string of the molecule is Cc1ccc([N+](=O)[O-])c(OCc2csc(-c3ccsc3)n2)c1. The van der Waals surface area contributed by atoms with Crippen molar-refractivity contribution in [3.63, 3.8) is 0 Å². The van der Waals surface area contributed by atoms with Gasteiger partial charge in [0.2, 0.25) is 0 Å². The number of aromatic nitrogens is 1. The quantitative estimate of drug-likeness (QED) is 0.503. The zero-order valence-electron chi connectivity index (χ0n) is 11.7. The van der Waals surface area contributed by atoms with E-state index in [0.717, 1.165) is 21.8 Å². The van der Waals surface area contributed by atoms with Crippen LogP contribution in [0.5, 0.6) is 5.75 Å². The second-order valence-corrected chi connectivity index (χ2v) is 6.31. The normalized spacial score (nSPS) is 10.6. The maximum Gasteiger partial charge on any atom is 0.310 e. The van der Waals surface area contributed by atoms with Gasteiger partial charge in [-0.2, -0.15) is 11.3 Å². The number of benzene rings is 1. The van der Waals surface area contributed by atoms with Gasteiger partial charge in [0, 0.05) is 22.4 Å². The molecule has 0 fully saturated rings. The van der Waals surface area contributed by atoms with Crippen molar-refractivity contribution in [2.24, 2.45) is 0 Å². The lowest BCUT2D eigenvalue weighted by molar-refractivity contribution is -0.386. The number of nitrogens with zero attached hydrogens (tertiary/aromatic N) is 2. The molecule has 0 aliphatic carbocycles. The Balaban J connectivity index is 1.76. The van der Waals surface area contributed by atoms with Crippen LogP contribution in [0.3, 0.4) is 0 Å². The van der Waals surface area contributed by atoms with E-state index in [2.05, 4.69) is 4.98 Å². The maximum absolute atomic E-state index is 11.0. The largest absolute Gasteiger partial charge is 0.480 e. The highest BCUT2D eigenvalue weighted by Crippen LogP contribution is 2.30. The minimum Gasteiger partial charge on any atom is -0.480 e. The lowest BCUT2D eigenvalue weighted by Crippen LogP contribution is -1.99. The standard InChI is InChI=1S/C15H12N2O3S2/c1-10-2-3-13(17(18)19)14(6-10)20-7-12-9-22-15(16-12)11-4-5-21-8-11/h2-6,8-9H,7H2,1H3. The molecule has 0 aliphatic heterocycles. The lowest BCUT2D eigenvalue weighted by Gasteiger charge is -2.06. The van der Waals surface area contributed by atoms with Gasteiger partial charge in [0.25, 0.3) is 0 Å². The monoisotopic (exact) mass is 332 g/mol. The van der Waals surface area contributed by atoms with Crippen LogP contribution < -0.4 is 4.74 Å². The summed E-state index contributed by atoms with van der Waals surface area (Å²) in [5.74, 6) is 0.273. The highest BCUT2D eigenvalue weighted by atomic mass is 32.1. The van der Waals surface area contributed by atoms with E-state index < -0.39 is 4.92 Å². The summed E-state index contributed by atoms with van der Waals surface area (Å²) in [6.07, 6.45) is 0. The Labute approximate surface area is 135 Å². The van der Waals surface area contributed by atoms with Gasteiger partial charge < -0.3 is 4.74 Å². The van der Waals surface area contributed by atoms with E-state index in [4.69, 9.17) is 4.74 Å². The topological polar surface area (TPSA) is 65.3 Å². The molecule has 0 unspecified atom stereocenters. The number of nitro benzene ring substituents is 1. The number of nitro groups is 1. The van der Waals surface area contributed by atoms with Gasteiger partial charge in [-0.15, -0.1) is 11.3 Å². The van der Waals surface area contributed by atoms with E-state index in [1.54, 1.807) is 23.5 Å². The fourth-order valence-electron chi connectivity index (χ4n) is 1.93. The second-order valence-electron chi connectivity index (χ2n) is 4.67. The molecule has 0 radical (unpaired) electrons. The second kappa shape index (κ2) is 6.25. The van der Waals surface area contributed by atoms with E-state index in [1.165, 1.54) is 17.4 Å². The number of aryl methyl sites for hydroxylation is 1. The summed E-state index contributed by atoms with van der Waals surface area (Å²) in [6, 6.07) is 6.84. The van der Waals surface area contributed by atoms with Crippen LogP contribution in [0.4, 0.5) is 5.69 Å². The molecule has 112 valence electrons. The molecule has 2 heterocycles.